The Morgan fingerprint density at radius 2 is 2.40 bits per heavy atom. The molecule has 5 heteroatoms. The molecule has 2 rings (SSSR count). The molecular weight excluding hydrogens is 232 g/mol. The molecule has 0 amide bonds. The summed E-state index contributed by atoms with van der Waals surface area (Å²) in [5.41, 5.74) is 1.94. The van der Waals surface area contributed by atoms with Crippen LogP contribution in [0.25, 0.3) is 10.2 Å². The van der Waals surface area contributed by atoms with Crippen molar-refractivity contribution in [3.8, 4) is 0 Å². The fourth-order valence-corrected chi connectivity index (χ4v) is 2.52. The molecule has 0 spiro atoms. The van der Waals surface area contributed by atoms with Crippen LogP contribution in [0.3, 0.4) is 0 Å². The van der Waals surface area contributed by atoms with Crippen LogP contribution in [0.4, 0.5) is 0 Å². The smallest absolute Gasteiger partial charge is 0.271 e. The maximum absolute atomic E-state index is 11.9. The third-order valence-corrected chi connectivity index (χ3v) is 3.60. The van der Waals surface area contributed by atoms with Crippen LogP contribution in [-0.2, 0) is 6.54 Å². The van der Waals surface area contributed by atoms with E-state index in [0.717, 1.165) is 22.2 Å². The predicted octanol–water partition coefficient (Wildman–Crippen LogP) is 2.40. The number of fused-ring (bicyclic) bond motifs is 1. The third kappa shape index (κ3) is 1.92. The van der Waals surface area contributed by atoms with E-state index in [-0.39, 0.29) is 5.56 Å². The minimum Gasteiger partial charge on any atom is -0.298 e. The Balaban J connectivity index is 2.51. The van der Waals surface area contributed by atoms with E-state index in [1.165, 1.54) is 11.3 Å². The average Bonchev–Trinajstić information content (AvgIpc) is 2.61. The summed E-state index contributed by atoms with van der Waals surface area (Å²) in [6, 6.07) is 0. The van der Waals surface area contributed by atoms with Crippen molar-refractivity contribution in [3.05, 3.63) is 27.6 Å². The summed E-state index contributed by atoms with van der Waals surface area (Å²) in [5.74, 6) is 0.563. The zero-order chi connectivity index (χ0) is 10.8. The molecule has 2 aromatic heterocycles. The Hall–Kier alpha value is -0.870. The van der Waals surface area contributed by atoms with Gasteiger partial charge in [0.15, 0.2) is 0 Å². The summed E-state index contributed by atoms with van der Waals surface area (Å²) in [4.78, 5) is 16.2. The Morgan fingerprint density at radius 3 is 3.13 bits per heavy atom. The number of hydrogen-bond acceptors (Lipinski definition) is 3. The van der Waals surface area contributed by atoms with Gasteiger partial charge in [0, 0.05) is 12.4 Å². The molecule has 2 aromatic rings. The van der Waals surface area contributed by atoms with Crippen molar-refractivity contribution < 1.29 is 0 Å². The van der Waals surface area contributed by atoms with Crippen LogP contribution in [-0.4, -0.2) is 15.4 Å². The van der Waals surface area contributed by atoms with E-state index in [9.17, 15) is 4.79 Å². The van der Waals surface area contributed by atoms with Crippen LogP contribution in [0, 0.1) is 6.92 Å². The van der Waals surface area contributed by atoms with Gasteiger partial charge < -0.3 is 0 Å². The standard InChI is InChI=1S/C10H11ClN2OS/c1-7-5-15-9-8(7)12-6-13(10(9)14)4-2-3-11/h5-6H,2-4H2,1H3. The van der Waals surface area contributed by atoms with E-state index in [2.05, 4.69) is 4.98 Å². The molecule has 0 aromatic carbocycles. The summed E-state index contributed by atoms with van der Waals surface area (Å²) >= 11 is 7.05. The number of alkyl halides is 1. The molecule has 0 bridgehead atoms. The molecule has 0 saturated heterocycles. The van der Waals surface area contributed by atoms with Gasteiger partial charge in [0.25, 0.3) is 5.56 Å². The fourth-order valence-electron chi connectivity index (χ4n) is 1.45. The number of aromatic nitrogens is 2. The van der Waals surface area contributed by atoms with Gasteiger partial charge in [-0.05, 0) is 24.3 Å². The van der Waals surface area contributed by atoms with Gasteiger partial charge in [-0.1, -0.05) is 0 Å². The number of nitrogens with zero attached hydrogens (tertiary/aromatic N) is 2. The van der Waals surface area contributed by atoms with Gasteiger partial charge in [0.05, 0.1) is 11.8 Å². The molecule has 0 radical (unpaired) electrons. The molecular formula is C10H11ClN2OS. The minimum absolute atomic E-state index is 0.0446. The van der Waals surface area contributed by atoms with E-state index in [4.69, 9.17) is 11.6 Å². The van der Waals surface area contributed by atoms with Gasteiger partial charge in [-0.2, -0.15) is 0 Å². The van der Waals surface area contributed by atoms with Crippen molar-refractivity contribution in [1.29, 1.82) is 0 Å². The summed E-state index contributed by atoms with van der Waals surface area (Å²) in [6.07, 6.45) is 2.40. The van der Waals surface area contributed by atoms with E-state index in [0.29, 0.717) is 12.4 Å². The van der Waals surface area contributed by atoms with Gasteiger partial charge in [0.2, 0.25) is 0 Å². The van der Waals surface area contributed by atoms with E-state index in [1.807, 2.05) is 12.3 Å². The lowest BCUT2D eigenvalue weighted by Gasteiger charge is -2.02. The summed E-state index contributed by atoms with van der Waals surface area (Å²) in [6.45, 7) is 2.61. The largest absolute Gasteiger partial charge is 0.298 e. The molecule has 0 unspecified atom stereocenters. The monoisotopic (exact) mass is 242 g/mol. The lowest BCUT2D eigenvalue weighted by Crippen LogP contribution is -2.19. The number of aryl methyl sites for hydroxylation is 2. The molecule has 15 heavy (non-hydrogen) atoms. The van der Waals surface area contributed by atoms with Crippen molar-refractivity contribution in [2.24, 2.45) is 0 Å². The SMILES string of the molecule is Cc1csc2c(=O)n(CCCCl)cnc12. The Kier molecular flexibility index (Phi) is 3.07. The Morgan fingerprint density at radius 1 is 1.60 bits per heavy atom. The Labute approximate surface area is 96.3 Å². The first-order valence-electron chi connectivity index (χ1n) is 4.73. The quantitative estimate of drug-likeness (QED) is 0.775. The maximum Gasteiger partial charge on any atom is 0.271 e. The van der Waals surface area contributed by atoms with Gasteiger partial charge >= 0.3 is 0 Å². The van der Waals surface area contributed by atoms with Crippen molar-refractivity contribution in [2.75, 3.05) is 5.88 Å². The highest BCUT2D eigenvalue weighted by Gasteiger charge is 2.07. The number of thiophene rings is 1. The summed E-state index contributed by atoms with van der Waals surface area (Å²) in [5, 5.41) is 1.96. The summed E-state index contributed by atoms with van der Waals surface area (Å²) < 4.78 is 2.37. The molecule has 80 valence electrons. The Bertz CT molecular complexity index is 532. The second-order valence-corrected chi connectivity index (χ2v) is 4.64. The van der Waals surface area contributed by atoms with Crippen LogP contribution in [0.5, 0.6) is 0 Å². The molecule has 0 aliphatic rings. The molecule has 0 aliphatic heterocycles. The average molecular weight is 243 g/mol. The second-order valence-electron chi connectivity index (χ2n) is 3.38. The number of halogens is 1. The maximum atomic E-state index is 11.9. The predicted molar refractivity (Wildman–Crippen MR) is 64.0 cm³/mol. The van der Waals surface area contributed by atoms with Crippen molar-refractivity contribution in [2.45, 2.75) is 19.9 Å². The first kappa shape index (κ1) is 10.6. The van der Waals surface area contributed by atoms with Crippen LogP contribution >= 0.6 is 22.9 Å². The minimum atomic E-state index is 0.0446. The van der Waals surface area contributed by atoms with Crippen molar-refractivity contribution in [1.82, 2.24) is 9.55 Å². The molecule has 0 N–H and O–H groups in total. The lowest BCUT2D eigenvalue weighted by molar-refractivity contribution is 0.651. The van der Waals surface area contributed by atoms with Crippen molar-refractivity contribution in [3.63, 3.8) is 0 Å². The highest BCUT2D eigenvalue weighted by molar-refractivity contribution is 7.17. The molecule has 3 nitrogen and oxygen atoms in total. The van der Waals surface area contributed by atoms with Crippen LogP contribution in [0.2, 0.25) is 0 Å². The molecule has 0 atom stereocenters. The first-order valence-corrected chi connectivity index (χ1v) is 6.14. The zero-order valence-electron chi connectivity index (χ0n) is 8.36. The number of hydrogen-bond donors (Lipinski definition) is 0. The van der Waals surface area contributed by atoms with Gasteiger partial charge in [-0.25, -0.2) is 4.98 Å². The van der Waals surface area contributed by atoms with E-state index in [1.54, 1.807) is 10.9 Å². The normalized spacial score (nSPS) is 11.1. The van der Waals surface area contributed by atoms with Gasteiger partial charge in [0.1, 0.15) is 4.70 Å². The van der Waals surface area contributed by atoms with E-state index < -0.39 is 0 Å². The van der Waals surface area contributed by atoms with Gasteiger partial charge in [-0.3, -0.25) is 9.36 Å². The van der Waals surface area contributed by atoms with E-state index >= 15 is 0 Å². The highest BCUT2D eigenvalue weighted by atomic mass is 35.5. The first-order chi connectivity index (χ1) is 7.24. The summed E-state index contributed by atoms with van der Waals surface area (Å²) in [7, 11) is 0. The molecule has 0 fully saturated rings. The third-order valence-electron chi connectivity index (χ3n) is 2.26. The van der Waals surface area contributed by atoms with Crippen molar-refractivity contribution >= 4 is 33.2 Å². The zero-order valence-corrected chi connectivity index (χ0v) is 9.94. The fraction of sp³-hybridized carbons (Fsp3) is 0.400. The van der Waals surface area contributed by atoms with Crippen LogP contribution < -0.4 is 5.56 Å². The molecule has 2 heterocycles. The van der Waals surface area contributed by atoms with Gasteiger partial charge in [-0.15, -0.1) is 22.9 Å². The lowest BCUT2D eigenvalue weighted by atomic mass is 10.3. The topological polar surface area (TPSA) is 34.9 Å². The van der Waals surface area contributed by atoms with Crippen LogP contribution in [0.15, 0.2) is 16.5 Å². The second kappa shape index (κ2) is 4.33. The van der Waals surface area contributed by atoms with Crippen LogP contribution in [0.1, 0.15) is 12.0 Å². The number of rotatable bonds is 3. The molecule has 0 aliphatic carbocycles. The highest BCUT2D eigenvalue weighted by Crippen LogP contribution is 2.19. The molecule has 0 saturated carbocycles.